The van der Waals surface area contributed by atoms with Crippen LogP contribution in [0.3, 0.4) is 0 Å². The van der Waals surface area contributed by atoms with Crippen LogP contribution in [0, 0.1) is 17.7 Å². The lowest BCUT2D eigenvalue weighted by atomic mass is 9.72. The number of hydrogen-bond donors (Lipinski definition) is 2. The number of likely N-dealkylation sites (N-methyl/N-ethyl adjacent to an activating group) is 1. The monoisotopic (exact) mass is 402 g/mol. The average Bonchev–Trinajstić information content (AvgIpc) is 2.95. The van der Waals surface area contributed by atoms with Crippen LogP contribution in [0.5, 0.6) is 0 Å². The largest absolute Gasteiger partial charge is 0.337 e. The van der Waals surface area contributed by atoms with Crippen LogP contribution < -0.4 is 10.9 Å². The van der Waals surface area contributed by atoms with E-state index in [1.807, 2.05) is 7.05 Å². The van der Waals surface area contributed by atoms with E-state index in [0.717, 1.165) is 50.8 Å². The molecular formula is C22H31FN4O2. The van der Waals surface area contributed by atoms with Gasteiger partial charge in [-0.05, 0) is 62.9 Å². The first kappa shape index (κ1) is 20.3. The summed E-state index contributed by atoms with van der Waals surface area (Å²) in [5.41, 5.74) is 7.07. The van der Waals surface area contributed by atoms with Crippen molar-refractivity contribution in [3.63, 3.8) is 0 Å². The zero-order chi connectivity index (χ0) is 20.4. The van der Waals surface area contributed by atoms with Crippen molar-refractivity contribution < 1.29 is 14.0 Å². The summed E-state index contributed by atoms with van der Waals surface area (Å²) in [7, 11) is 2.05. The maximum absolute atomic E-state index is 14.5. The fraction of sp³-hybridized carbons (Fsp3) is 0.636. The minimum absolute atomic E-state index is 0.0608. The molecule has 2 heterocycles. The lowest BCUT2D eigenvalue weighted by molar-refractivity contribution is -0.133. The van der Waals surface area contributed by atoms with Crippen LogP contribution in [0.15, 0.2) is 18.2 Å². The van der Waals surface area contributed by atoms with Gasteiger partial charge in [0.1, 0.15) is 5.82 Å². The molecule has 1 saturated carbocycles. The first-order chi connectivity index (χ1) is 14.0. The van der Waals surface area contributed by atoms with Gasteiger partial charge in [-0.3, -0.25) is 15.0 Å². The van der Waals surface area contributed by atoms with Gasteiger partial charge >= 0.3 is 0 Å². The van der Waals surface area contributed by atoms with E-state index in [2.05, 4.69) is 15.8 Å². The van der Waals surface area contributed by atoms with Crippen molar-refractivity contribution >= 4 is 11.8 Å². The Balaban J connectivity index is 1.49. The number of rotatable bonds is 3. The van der Waals surface area contributed by atoms with Gasteiger partial charge in [0, 0.05) is 31.6 Å². The Kier molecular flexibility index (Phi) is 6.15. The SMILES string of the molecule is CN1CCCN(C(=O)c2cc(CC3NNC(=O)C4CCCCC34)ccc2F)CC1. The Hall–Kier alpha value is -1.99. The summed E-state index contributed by atoms with van der Waals surface area (Å²) in [6, 6.07) is 4.99. The molecule has 0 radical (unpaired) electrons. The fourth-order valence-corrected chi connectivity index (χ4v) is 5.07. The van der Waals surface area contributed by atoms with Gasteiger partial charge in [0.15, 0.2) is 0 Å². The lowest BCUT2D eigenvalue weighted by Gasteiger charge is -2.41. The van der Waals surface area contributed by atoms with Gasteiger partial charge in [0.25, 0.3) is 5.91 Å². The Morgan fingerprint density at radius 3 is 2.83 bits per heavy atom. The molecule has 1 aromatic carbocycles. The summed E-state index contributed by atoms with van der Waals surface area (Å²) < 4.78 is 14.5. The molecule has 0 spiro atoms. The van der Waals surface area contributed by atoms with Crippen LogP contribution in [0.25, 0.3) is 0 Å². The summed E-state index contributed by atoms with van der Waals surface area (Å²) >= 11 is 0. The molecule has 29 heavy (non-hydrogen) atoms. The summed E-state index contributed by atoms with van der Waals surface area (Å²) in [6.45, 7) is 3.04. The van der Waals surface area contributed by atoms with Crippen LogP contribution in [0.1, 0.15) is 48.0 Å². The molecule has 3 atom stereocenters. The third-order valence-corrected chi connectivity index (χ3v) is 6.78. The van der Waals surface area contributed by atoms with E-state index in [-0.39, 0.29) is 29.3 Å². The number of hydrazine groups is 1. The Bertz CT molecular complexity index is 771. The van der Waals surface area contributed by atoms with Gasteiger partial charge in [-0.2, -0.15) is 0 Å². The van der Waals surface area contributed by atoms with Crippen molar-refractivity contribution in [3.05, 3.63) is 35.1 Å². The minimum atomic E-state index is -0.461. The highest BCUT2D eigenvalue weighted by Crippen LogP contribution is 2.35. The van der Waals surface area contributed by atoms with E-state index in [1.165, 1.54) is 6.07 Å². The second-order valence-electron chi connectivity index (χ2n) is 8.76. The van der Waals surface area contributed by atoms with E-state index in [0.29, 0.717) is 25.4 Å². The van der Waals surface area contributed by atoms with Crippen LogP contribution in [0.4, 0.5) is 4.39 Å². The van der Waals surface area contributed by atoms with E-state index in [9.17, 15) is 14.0 Å². The molecule has 2 amide bonds. The molecule has 4 rings (SSSR count). The molecule has 0 bridgehead atoms. The van der Waals surface area contributed by atoms with Gasteiger partial charge in [-0.1, -0.05) is 18.9 Å². The maximum atomic E-state index is 14.5. The van der Waals surface area contributed by atoms with E-state index >= 15 is 0 Å². The number of fused-ring (bicyclic) bond motifs is 1. The maximum Gasteiger partial charge on any atom is 0.256 e. The Labute approximate surface area is 171 Å². The molecule has 6 nitrogen and oxygen atoms in total. The molecule has 158 valence electrons. The van der Waals surface area contributed by atoms with Crippen molar-refractivity contribution in [3.8, 4) is 0 Å². The second-order valence-corrected chi connectivity index (χ2v) is 8.76. The standard InChI is InChI=1S/C22H31FN4O2/c1-26-9-4-10-27(12-11-26)22(29)18-13-15(7-8-19(18)23)14-20-16-5-2-3-6-17(16)21(28)25-24-20/h7-8,13,16-17,20,24H,2-6,9-12,14H2,1H3,(H,25,28). The molecule has 2 aliphatic heterocycles. The molecular weight excluding hydrogens is 371 g/mol. The molecule has 2 saturated heterocycles. The van der Waals surface area contributed by atoms with Crippen LogP contribution in [0.2, 0.25) is 0 Å². The van der Waals surface area contributed by atoms with Crippen molar-refractivity contribution in [2.45, 2.75) is 44.6 Å². The molecule has 0 aromatic heterocycles. The third kappa shape index (κ3) is 4.46. The predicted octanol–water partition coefficient (Wildman–Crippen LogP) is 1.96. The highest BCUT2D eigenvalue weighted by molar-refractivity contribution is 5.94. The summed E-state index contributed by atoms with van der Waals surface area (Å²) in [5.74, 6) is -0.238. The van der Waals surface area contributed by atoms with Crippen molar-refractivity contribution in [2.75, 3.05) is 33.2 Å². The quantitative estimate of drug-likeness (QED) is 0.811. The fourth-order valence-electron chi connectivity index (χ4n) is 5.07. The third-order valence-electron chi connectivity index (χ3n) is 6.78. The molecule has 3 fully saturated rings. The van der Waals surface area contributed by atoms with Crippen LogP contribution in [-0.4, -0.2) is 60.9 Å². The van der Waals surface area contributed by atoms with Crippen LogP contribution >= 0.6 is 0 Å². The van der Waals surface area contributed by atoms with Gasteiger partial charge in [-0.15, -0.1) is 0 Å². The Morgan fingerprint density at radius 2 is 1.97 bits per heavy atom. The number of nitrogens with one attached hydrogen (secondary N) is 2. The molecule has 3 unspecified atom stereocenters. The predicted molar refractivity (Wildman–Crippen MR) is 109 cm³/mol. The smallest absolute Gasteiger partial charge is 0.256 e. The minimum Gasteiger partial charge on any atom is -0.337 e. The van der Waals surface area contributed by atoms with Crippen molar-refractivity contribution in [1.29, 1.82) is 0 Å². The highest BCUT2D eigenvalue weighted by Gasteiger charge is 2.39. The summed E-state index contributed by atoms with van der Waals surface area (Å²) in [5, 5.41) is 0. The van der Waals surface area contributed by atoms with Gasteiger partial charge < -0.3 is 9.80 Å². The number of amides is 2. The summed E-state index contributed by atoms with van der Waals surface area (Å²) in [4.78, 5) is 29.1. The van der Waals surface area contributed by atoms with Gasteiger partial charge in [-0.25, -0.2) is 9.82 Å². The zero-order valence-electron chi connectivity index (χ0n) is 17.1. The van der Waals surface area contributed by atoms with Gasteiger partial charge in [0.2, 0.25) is 5.91 Å². The first-order valence-corrected chi connectivity index (χ1v) is 10.8. The molecule has 2 N–H and O–H groups in total. The van der Waals surface area contributed by atoms with Crippen molar-refractivity contribution in [2.24, 2.45) is 11.8 Å². The average molecular weight is 403 g/mol. The number of halogens is 1. The van der Waals surface area contributed by atoms with Crippen LogP contribution in [-0.2, 0) is 11.2 Å². The highest BCUT2D eigenvalue weighted by atomic mass is 19.1. The first-order valence-electron chi connectivity index (χ1n) is 10.8. The zero-order valence-corrected chi connectivity index (χ0v) is 17.1. The summed E-state index contributed by atoms with van der Waals surface area (Å²) in [6.07, 6.45) is 5.78. The van der Waals surface area contributed by atoms with E-state index in [4.69, 9.17) is 0 Å². The van der Waals surface area contributed by atoms with E-state index < -0.39 is 5.82 Å². The van der Waals surface area contributed by atoms with Gasteiger partial charge in [0.05, 0.1) is 5.56 Å². The lowest BCUT2D eigenvalue weighted by Crippen LogP contribution is -2.60. The number of benzene rings is 1. The number of nitrogens with zero attached hydrogens (tertiary/aromatic N) is 2. The molecule has 1 aromatic rings. The van der Waals surface area contributed by atoms with Crippen molar-refractivity contribution in [1.82, 2.24) is 20.7 Å². The molecule has 3 aliphatic rings. The normalized spacial score (nSPS) is 28.4. The number of carbonyl (C=O) groups is 2. The topological polar surface area (TPSA) is 64.7 Å². The molecule has 7 heteroatoms. The second kappa shape index (κ2) is 8.79. The Morgan fingerprint density at radius 1 is 1.14 bits per heavy atom. The number of carbonyl (C=O) groups excluding carboxylic acids is 2. The van der Waals surface area contributed by atoms with E-state index in [1.54, 1.807) is 17.0 Å². The number of hydrogen-bond acceptors (Lipinski definition) is 4. The molecule has 1 aliphatic carbocycles.